The summed E-state index contributed by atoms with van der Waals surface area (Å²) in [5.41, 5.74) is 6.51. The second-order valence-electron chi connectivity index (χ2n) is 6.49. The van der Waals surface area contributed by atoms with E-state index in [9.17, 15) is 4.79 Å². The van der Waals surface area contributed by atoms with E-state index in [4.69, 9.17) is 5.73 Å². The molecular weight excluding hydrogens is 260 g/mol. The Labute approximate surface area is 128 Å². The topological polar surface area (TPSA) is 55.1 Å². The molecule has 116 valence electrons. The SMILES string of the molecule is CC(CN)(NC(=O)CCC1CCCCC1)c1ccccc1. The summed E-state index contributed by atoms with van der Waals surface area (Å²) < 4.78 is 0. The Morgan fingerprint density at radius 2 is 1.90 bits per heavy atom. The molecule has 0 heterocycles. The predicted molar refractivity (Wildman–Crippen MR) is 86.8 cm³/mol. The number of benzene rings is 1. The second-order valence-corrected chi connectivity index (χ2v) is 6.49. The van der Waals surface area contributed by atoms with Gasteiger partial charge >= 0.3 is 0 Å². The van der Waals surface area contributed by atoms with Crippen LogP contribution in [0.3, 0.4) is 0 Å². The molecule has 1 aliphatic rings. The lowest BCUT2D eigenvalue weighted by molar-refractivity contribution is -0.123. The maximum absolute atomic E-state index is 12.3. The Morgan fingerprint density at radius 1 is 1.24 bits per heavy atom. The van der Waals surface area contributed by atoms with Gasteiger partial charge in [0.2, 0.25) is 5.91 Å². The standard InChI is InChI=1S/C18H28N2O/c1-18(14-19,16-10-6-3-7-11-16)20-17(21)13-12-15-8-4-2-5-9-15/h3,6-7,10-11,15H,2,4-5,8-9,12-14,19H2,1H3,(H,20,21). The molecule has 0 radical (unpaired) electrons. The van der Waals surface area contributed by atoms with Gasteiger partial charge in [-0.15, -0.1) is 0 Å². The lowest BCUT2D eigenvalue weighted by Gasteiger charge is -2.30. The summed E-state index contributed by atoms with van der Waals surface area (Å²) in [5, 5.41) is 3.14. The highest BCUT2D eigenvalue weighted by Crippen LogP contribution is 2.27. The first-order valence-corrected chi connectivity index (χ1v) is 8.20. The van der Waals surface area contributed by atoms with Crippen molar-refractivity contribution in [3.05, 3.63) is 35.9 Å². The van der Waals surface area contributed by atoms with Crippen LogP contribution >= 0.6 is 0 Å². The molecule has 1 unspecified atom stereocenters. The van der Waals surface area contributed by atoms with Crippen molar-refractivity contribution in [1.82, 2.24) is 5.32 Å². The average molecular weight is 288 g/mol. The number of rotatable bonds is 6. The van der Waals surface area contributed by atoms with Crippen molar-refractivity contribution in [2.45, 2.75) is 57.4 Å². The molecule has 1 aromatic rings. The largest absolute Gasteiger partial charge is 0.346 e. The fourth-order valence-electron chi connectivity index (χ4n) is 3.23. The van der Waals surface area contributed by atoms with E-state index < -0.39 is 5.54 Å². The van der Waals surface area contributed by atoms with Crippen LogP contribution in [0.2, 0.25) is 0 Å². The summed E-state index contributed by atoms with van der Waals surface area (Å²) in [4.78, 5) is 12.3. The molecule has 1 aliphatic carbocycles. The van der Waals surface area contributed by atoms with Crippen LogP contribution in [0.4, 0.5) is 0 Å². The van der Waals surface area contributed by atoms with Crippen LogP contribution in [0.1, 0.15) is 57.4 Å². The quantitative estimate of drug-likeness (QED) is 0.843. The number of nitrogens with two attached hydrogens (primary N) is 1. The molecule has 2 rings (SSSR count). The molecule has 3 nitrogen and oxygen atoms in total. The van der Waals surface area contributed by atoms with Crippen LogP contribution in [-0.4, -0.2) is 12.5 Å². The maximum atomic E-state index is 12.3. The third kappa shape index (κ3) is 4.57. The molecule has 0 saturated heterocycles. The Bertz CT molecular complexity index is 440. The van der Waals surface area contributed by atoms with Crippen molar-refractivity contribution < 1.29 is 4.79 Å². The molecule has 0 aliphatic heterocycles. The highest BCUT2D eigenvalue weighted by atomic mass is 16.1. The average Bonchev–Trinajstić information content (AvgIpc) is 2.54. The first-order chi connectivity index (χ1) is 10.1. The summed E-state index contributed by atoms with van der Waals surface area (Å²) in [6, 6.07) is 9.99. The molecule has 1 aromatic carbocycles. The molecule has 1 amide bonds. The first-order valence-electron chi connectivity index (χ1n) is 8.20. The van der Waals surface area contributed by atoms with E-state index in [-0.39, 0.29) is 5.91 Å². The minimum Gasteiger partial charge on any atom is -0.346 e. The highest BCUT2D eigenvalue weighted by molar-refractivity contribution is 5.77. The minimum atomic E-state index is -0.467. The predicted octanol–water partition coefficient (Wildman–Crippen LogP) is 3.34. The summed E-state index contributed by atoms with van der Waals surface area (Å²) in [5.74, 6) is 0.864. The van der Waals surface area contributed by atoms with Gasteiger partial charge in [0.15, 0.2) is 0 Å². The molecule has 1 saturated carbocycles. The van der Waals surface area contributed by atoms with Crippen LogP contribution in [-0.2, 0) is 10.3 Å². The van der Waals surface area contributed by atoms with Gasteiger partial charge in [-0.3, -0.25) is 4.79 Å². The molecule has 21 heavy (non-hydrogen) atoms. The Balaban J connectivity index is 1.87. The van der Waals surface area contributed by atoms with Crippen molar-refractivity contribution in [3.8, 4) is 0 Å². The van der Waals surface area contributed by atoms with E-state index in [1.54, 1.807) is 0 Å². The number of hydrogen-bond donors (Lipinski definition) is 2. The monoisotopic (exact) mass is 288 g/mol. The van der Waals surface area contributed by atoms with Gasteiger partial charge in [0.05, 0.1) is 5.54 Å². The van der Waals surface area contributed by atoms with Crippen molar-refractivity contribution in [3.63, 3.8) is 0 Å². The normalized spacial score (nSPS) is 19.0. The van der Waals surface area contributed by atoms with Crippen molar-refractivity contribution >= 4 is 5.91 Å². The van der Waals surface area contributed by atoms with Gasteiger partial charge in [-0.2, -0.15) is 0 Å². The number of nitrogens with one attached hydrogen (secondary N) is 1. The minimum absolute atomic E-state index is 0.123. The zero-order valence-electron chi connectivity index (χ0n) is 13.1. The van der Waals surface area contributed by atoms with Crippen molar-refractivity contribution in [2.24, 2.45) is 11.7 Å². The van der Waals surface area contributed by atoms with Crippen LogP contribution in [0.5, 0.6) is 0 Å². The summed E-state index contributed by atoms with van der Waals surface area (Å²) >= 11 is 0. The van der Waals surface area contributed by atoms with Gasteiger partial charge in [-0.05, 0) is 24.8 Å². The van der Waals surface area contributed by atoms with Crippen LogP contribution in [0.25, 0.3) is 0 Å². The molecular formula is C18H28N2O. The van der Waals surface area contributed by atoms with Gasteiger partial charge in [-0.25, -0.2) is 0 Å². The van der Waals surface area contributed by atoms with E-state index in [0.29, 0.717) is 13.0 Å². The van der Waals surface area contributed by atoms with Crippen molar-refractivity contribution in [2.75, 3.05) is 6.54 Å². The molecule has 0 bridgehead atoms. The smallest absolute Gasteiger partial charge is 0.220 e. The zero-order valence-corrected chi connectivity index (χ0v) is 13.1. The van der Waals surface area contributed by atoms with Gasteiger partial charge < -0.3 is 11.1 Å². The van der Waals surface area contributed by atoms with Crippen LogP contribution < -0.4 is 11.1 Å². The molecule has 1 atom stereocenters. The zero-order chi connectivity index (χ0) is 15.1. The molecule has 3 heteroatoms. The third-order valence-corrected chi connectivity index (χ3v) is 4.74. The lowest BCUT2D eigenvalue weighted by atomic mass is 9.86. The third-order valence-electron chi connectivity index (χ3n) is 4.74. The van der Waals surface area contributed by atoms with E-state index in [2.05, 4.69) is 5.32 Å². The number of hydrogen-bond acceptors (Lipinski definition) is 2. The molecule has 0 aromatic heterocycles. The summed E-state index contributed by atoms with van der Waals surface area (Å²) in [6.07, 6.45) is 8.24. The van der Waals surface area contributed by atoms with E-state index in [1.807, 2.05) is 37.3 Å². The van der Waals surface area contributed by atoms with Gasteiger partial charge in [0.25, 0.3) is 0 Å². The maximum Gasteiger partial charge on any atom is 0.220 e. The lowest BCUT2D eigenvalue weighted by Crippen LogP contribution is -2.48. The fraction of sp³-hybridized carbons (Fsp3) is 0.611. The van der Waals surface area contributed by atoms with E-state index >= 15 is 0 Å². The van der Waals surface area contributed by atoms with Crippen LogP contribution in [0.15, 0.2) is 30.3 Å². The summed E-state index contributed by atoms with van der Waals surface area (Å²) in [7, 11) is 0. The molecule has 1 fully saturated rings. The summed E-state index contributed by atoms with van der Waals surface area (Å²) in [6.45, 7) is 2.41. The fourth-order valence-corrected chi connectivity index (χ4v) is 3.23. The molecule has 3 N–H and O–H groups in total. The van der Waals surface area contributed by atoms with E-state index in [0.717, 1.165) is 17.9 Å². The number of carbonyl (C=O) groups is 1. The highest BCUT2D eigenvalue weighted by Gasteiger charge is 2.27. The number of carbonyl (C=O) groups excluding carboxylic acids is 1. The van der Waals surface area contributed by atoms with Gasteiger partial charge in [-0.1, -0.05) is 62.4 Å². The van der Waals surface area contributed by atoms with E-state index in [1.165, 1.54) is 32.1 Å². The van der Waals surface area contributed by atoms with Crippen LogP contribution in [0, 0.1) is 5.92 Å². The van der Waals surface area contributed by atoms with Gasteiger partial charge in [0, 0.05) is 13.0 Å². The second kappa shape index (κ2) is 7.60. The first kappa shape index (κ1) is 16.0. The van der Waals surface area contributed by atoms with Gasteiger partial charge in [0.1, 0.15) is 0 Å². The Hall–Kier alpha value is -1.35. The molecule has 0 spiro atoms. The number of amides is 1. The van der Waals surface area contributed by atoms with Crippen molar-refractivity contribution in [1.29, 1.82) is 0 Å². The Morgan fingerprint density at radius 3 is 2.52 bits per heavy atom. The Kier molecular flexibility index (Phi) is 5.80.